The maximum atomic E-state index is 13.1. The lowest BCUT2D eigenvalue weighted by molar-refractivity contribution is -0.154. The van der Waals surface area contributed by atoms with Crippen LogP contribution in [0.25, 0.3) is 0 Å². The molecule has 3 rings (SSSR count). The highest BCUT2D eigenvalue weighted by molar-refractivity contribution is 6.26. The number of ether oxygens (including phenoxy) is 1. The highest BCUT2D eigenvalue weighted by Gasteiger charge is 2.50. The molecule has 0 aliphatic heterocycles. The number of fused-ring (bicyclic) bond motifs is 2. The molecule has 6 nitrogen and oxygen atoms in total. The van der Waals surface area contributed by atoms with E-state index in [2.05, 4.69) is 4.98 Å². The average molecular weight is 425 g/mol. The molecule has 2 fully saturated rings. The van der Waals surface area contributed by atoms with Gasteiger partial charge in [-0.3, -0.25) is 19.2 Å². The number of halogens is 3. The molecule has 0 aromatic carbocycles. The van der Waals surface area contributed by atoms with E-state index in [1.165, 1.54) is 0 Å². The molecule has 1 heterocycles. The normalized spacial score (nSPS) is 24.1. The number of esters is 1. The third-order valence-corrected chi connectivity index (χ3v) is 5.55. The number of carbonyl (C=O) groups excluding carboxylic acids is 4. The quantitative estimate of drug-likeness (QED) is 0.416. The maximum absolute atomic E-state index is 13.1. The van der Waals surface area contributed by atoms with E-state index in [1.54, 1.807) is 20.8 Å². The van der Waals surface area contributed by atoms with Gasteiger partial charge >= 0.3 is 12.1 Å². The van der Waals surface area contributed by atoms with E-state index in [0.29, 0.717) is 25.3 Å². The number of rotatable bonds is 4. The van der Waals surface area contributed by atoms with Gasteiger partial charge in [-0.15, -0.1) is 0 Å². The Labute approximate surface area is 171 Å². The zero-order valence-corrected chi connectivity index (χ0v) is 16.8. The van der Waals surface area contributed by atoms with E-state index in [4.69, 9.17) is 4.74 Å². The molecule has 30 heavy (non-hydrogen) atoms. The molecule has 2 atom stereocenters. The van der Waals surface area contributed by atoms with Crippen LogP contribution >= 0.6 is 0 Å². The van der Waals surface area contributed by atoms with E-state index < -0.39 is 58.8 Å². The van der Waals surface area contributed by atoms with Crippen LogP contribution in [-0.4, -0.2) is 28.3 Å². The highest BCUT2D eigenvalue weighted by Crippen LogP contribution is 2.41. The number of aromatic nitrogens is 1. The minimum Gasteiger partial charge on any atom is -0.459 e. The van der Waals surface area contributed by atoms with Crippen molar-refractivity contribution >= 4 is 23.3 Å². The molecule has 0 spiro atoms. The zero-order valence-electron chi connectivity index (χ0n) is 16.8. The lowest BCUT2D eigenvalue weighted by atomic mass is 9.75. The number of carbonyl (C=O) groups is 4. The van der Waals surface area contributed by atoms with Gasteiger partial charge in [-0.1, -0.05) is 0 Å². The number of alkyl halides is 3. The minimum absolute atomic E-state index is 0.308. The Morgan fingerprint density at radius 1 is 1.07 bits per heavy atom. The number of pyridine rings is 1. The van der Waals surface area contributed by atoms with E-state index in [1.807, 2.05) is 0 Å². The topological polar surface area (TPSA) is 90.4 Å². The molecule has 162 valence electrons. The van der Waals surface area contributed by atoms with Gasteiger partial charge < -0.3 is 4.74 Å². The molecule has 0 amide bonds. The first-order valence-electron chi connectivity index (χ1n) is 9.66. The van der Waals surface area contributed by atoms with Gasteiger partial charge in [0.2, 0.25) is 0 Å². The molecule has 9 heteroatoms. The highest BCUT2D eigenvalue weighted by atomic mass is 19.4. The number of Topliss-reactive ketones (excluding diaryl/α,β-unsaturated/α-hetero) is 3. The van der Waals surface area contributed by atoms with Gasteiger partial charge in [0, 0.05) is 17.4 Å². The van der Waals surface area contributed by atoms with E-state index in [0.717, 1.165) is 6.07 Å². The van der Waals surface area contributed by atoms with Gasteiger partial charge in [0.05, 0.1) is 11.1 Å². The Kier molecular flexibility index (Phi) is 5.60. The Hall–Kier alpha value is -2.58. The first-order valence-corrected chi connectivity index (χ1v) is 9.66. The summed E-state index contributed by atoms with van der Waals surface area (Å²) in [5.74, 6) is -4.86. The second-order valence-electron chi connectivity index (χ2n) is 8.82. The molecule has 0 saturated heterocycles. The van der Waals surface area contributed by atoms with Gasteiger partial charge in [-0.25, -0.2) is 4.98 Å². The molecule has 2 aliphatic rings. The lowest BCUT2D eigenvalue weighted by Gasteiger charge is -2.25. The van der Waals surface area contributed by atoms with Gasteiger partial charge in [0.25, 0.3) is 0 Å². The van der Waals surface area contributed by atoms with Gasteiger partial charge in [0.15, 0.2) is 17.3 Å². The lowest BCUT2D eigenvalue weighted by Crippen LogP contribution is -2.42. The summed E-state index contributed by atoms with van der Waals surface area (Å²) in [5.41, 5.74) is -2.91. The van der Waals surface area contributed by atoms with E-state index in [-0.39, 0.29) is 17.4 Å². The predicted molar refractivity (Wildman–Crippen MR) is 97.2 cm³/mol. The number of nitrogens with zero attached hydrogens (tertiary/aromatic N) is 1. The molecule has 0 N–H and O–H groups in total. The van der Waals surface area contributed by atoms with Crippen LogP contribution < -0.4 is 0 Å². The summed E-state index contributed by atoms with van der Waals surface area (Å²) in [7, 11) is 0. The van der Waals surface area contributed by atoms with Crippen molar-refractivity contribution in [2.24, 2.45) is 23.2 Å². The van der Waals surface area contributed by atoms with Crippen molar-refractivity contribution < 1.29 is 37.1 Å². The summed E-state index contributed by atoms with van der Waals surface area (Å²) in [6.45, 7) is 4.02. The van der Waals surface area contributed by atoms with Gasteiger partial charge in [-0.2, -0.15) is 13.2 Å². The van der Waals surface area contributed by atoms with Crippen molar-refractivity contribution in [2.75, 3.05) is 0 Å². The fraction of sp³-hybridized carbons (Fsp3) is 0.571. The molecular formula is C21H22F3NO5. The number of ketones is 3. The number of hydrogen-bond acceptors (Lipinski definition) is 6. The largest absolute Gasteiger partial charge is 0.459 e. The standard InChI is InChI=1S/C21H22F3NO5/c1-20(2,3)19(29)30-9-13-12(6-7-14(25-13)21(22,23)24)18(28)15-16(26)10-4-5-11(8-10)17(15)27/h6-7,10-11,15H,4-5,8-9H2,1-3H3. The third kappa shape index (κ3) is 4.15. The Balaban J connectivity index is 1.96. The van der Waals surface area contributed by atoms with Crippen molar-refractivity contribution in [1.29, 1.82) is 0 Å². The molecule has 1 aromatic heterocycles. The maximum Gasteiger partial charge on any atom is 0.433 e. The van der Waals surface area contributed by atoms with Crippen LogP contribution in [0.4, 0.5) is 13.2 Å². The Bertz CT molecular complexity index is 894. The van der Waals surface area contributed by atoms with Crippen LogP contribution in [0.1, 0.15) is 61.8 Å². The fourth-order valence-electron chi connectivity index (χ4n) is 3.87. The Morgan fingerprint density at radius 3 is 2.13 bits per heavy atom. The molecule has 0 radical (unpaired) electrons. The van der Waals surface area contributed by atoms with Crippen LogP contribution in [0.2, 0.25) is 0 Å². The van der Waals surface area contributed by atoms with Crippen LogP contribution in [0.15, 0.2) is 12.1 Å². The molecule has 2 saturated carbocycles. The molecule has 2 bridgehead atoms. The van der Waals surface area contributed by atoms with Crippen molar-refractivity contribution in [2.45, 2.75) is 52.8 Å². The fourth-order valence-corrected chi connectivity index (χ4v) is 3.87. The van der Waals surface area contributed by atoms with E-state index >= 15 is 0 Å². The smallest absolute Gasteiger partial charge is 0.433 e. The molecule has 1 aromatic rings. The molecule has 2 unspecified atom stereocenters. The second-order valence-corrected chi connectivity index (χ2v) is 8.82. The second kappa shape index (κ2) is 7.59. The zero-order chi connectivity index (χ0) is 22.4. The molecule has 2 aliphatic carbocycles. The molecular weight excluding hydrogens is 403 g/mol. The van der Waals surface area contributed by atoms with Crippen LogP contribution in [0.5, 0.6) is 0 Å². The van der Waals surface area contributed by atoms with Crippen molar-refractivity contribution in [1.82, 2.24) is 4.98 Å². The van der Waals surface area contributed by atoms with E-state index in [9.17, 15) is 32.3 Å². The monoisotopic (exact) mass is 425 g/mol. The first kappa shape index (κ1) is 22.1. The minimum atomic E-state index is -4.78. The third-order valence-electron chi connectivity index (χ3n) is 5.55. The summed E-state index contributed by atoms with van der Waals surface area (Å²) < 4.78 is 44.4. The average Bonchev–Trinajstić information content (AvgIpc) is 3.10. The van der Waals surface area contributed by atoms with Gasteiger partial charge in [0.1, 0.15) is 18.2 Å². The van der Waals surface area contributed by atoms with Crippen molar-refractivity contribution in [3.8, 4) is 0 Å². The van der Waals surface area contributed by atoms with Crippen molar-refractivity contribution in [3.05, 3.63) is 29.1 Å². The summed E-state index contributed by atoms with van der Waals surface area (Å²) >= 11 is 0. The first-order chi connectivity index (χ1) is 13.8. The number of hydrogen-bond donors (Lipinski definition) is 0. The van der Waals surface area contributed by atoms with Gasteiger partial charge in [-0.05, 0) is 52.2 Å². The summed E-state index contributed by atoms with van der Waals surface area (Å²) in [6.07, 6.45) is -3.30. The van der Waals surface area contributed by atoms with Crippen LogP contribution in [0.3, 0.4) is 0 Å². The summed E-state index contributed by atoms with van der Waals surface area (Å²) in [6, 6.07) is 1.52. The summed E-state index contributed by atoms with van der Waals surface area (Å²) in [5, 5.41) is 0. The van der Waals surface area contributed by atoms with Crippen LogP contribution in [-0.2, 0) is 31.9 Å². The SMILES string of the molecule is CC(C)(C)C(=O)OCc1nc(C(F)(F)F)ccc1C(=O)C1C(=O)C2CCC(C2)C1=O. The van der Waals surface area contributed by atoms with Crippen LogP contribution in [0, 0.1) is 23.2 Å². The summed E-state index contributed by atoms with van der Waals surface area (Å²) in [4.78, 5) is 53.8. The Morgan fingerprint density at radius 2 is 1.63 bits per heavy atom. The predicted octanol–water partition coefficient (Wildman–Crippen LogP) is 3.56. The van der Waals surface area contributed by atoms with Crippen molar-refractivity contribution in [3.63, 3.8) is 0 Å².